The van der Waals surface area contributed by atoms with Crippen LogP contribution in [0, 0.1) is 0 Å². The third kappa shape index (κ3) is 9.02. The highest BCUT2D eigenvalue weighted by Gasteiger charge is 2.27. The van der Waals surface area contributed by atoms with Crippen molar-refractivity contribution in [2.24, 2.45) is 0 Å². The summed E-state index contributed by atoms with van der Waals surface area (Å²) in [6.45, 7) is 0. The second-order valence-electron chi connectivity index (χ2n) is 26.8. The van der Waals surface area contributed by atoms with Gasteiger partial charge in [-0.15, -0.1) is 0 Å². The molecular weight excluding hydrogens is 1250 g/mol. The van der Waals surface area contributed by atoms with Crippen molar-refractivity contribution in [3.8, 4) is 39.6 Å². The fraction of sp³-hybridized carbons (Fsp3) is 0. The molecule has 0 bridgehead atoms. The molecule has 16 aromatic carbocycles. The summed E-state index contributed by atoms with van der Waals surface area (Å²) >= 11 is 0. The predicted octanol–water partition coefficient (Wildman–Crippen LogP) is 25.8. The van der Waals surface area contributed by atoms with E-state index in [4.69, 9.17) is 0 Å². The van der Waals surface area contributed by atoms with Crippen molar-refractivity contribution in [3.05, 3.63) is 382 Å². The number of fused-ring (bicyclic) bond motifs is 15. The molecule has 0 N–H and O–H groups in total. The van der Waals surface area contributed by atoms with Gasteiger partial charge in [0.25, 0.3) is 0 Å². The Morgan fingerprint density at radius 2 is 0.515 bits per heavy atom. The lowest BCUT2D eigenvalue weighted by Gasteiger charge is -2.26. The van der Waals surface area contributed by atoms with Crippen LogP contribution in [-0.4, -0.2) is 22.8 Å². The van der Waals surface area contributed by atoms with Gasteiger partial charge in [-0.05, 0) is 175 Å². The van der Waals surface area contributed by atoms with E-state index in [-0.39, 0.29) is 0 Å². The van der Waals surface area contributed by atoms with E-state index in [0.717, 1.165) is 112 Å². The normalized spacial score (nSPS) is 11.9. The van der Waals surface area contributed by atoms with Crippen molar-refractivity contribution in [3.63, 3.8) is 0 Å². The first-order valence-corrected chi connectivity index (χ1v) is 35.3. The summed E-state index contributed by atoms with van der Waals surface area (Å²) in [5.41, 5.74) is 25.7. The van der Waals surface area contributed by atoms with Crippen molar-refractivity contribution >= 4 is 143 Å². The van der Waals surface area contributed by atoms with Gasteiger partial charge in [-0.3, -0.25) is 0 Å². The van der Waals surface area contributed by atoms with E-state index < -0.39 is 0 Å². The highest BCUT2D eigenvalue weighted by molar-refractivity contribution is 6.21. The molecule has 0 amide bonds. The van der Waals surface area contributed by atoms with E-state index in [9.17, 15) is 0 Å². The van der Waals surface area contributed by atoms with Crippen LogP contribution < -0.4 is 9.80 Å². The zero-order valence-electron chi connectivity index (χ0n) is 56.0. The van der Waals surface area contributed by atoms with Crippen LogP contribution in [0.5, 0.6) is 0 Å². The van der Waals surface area contributed by atoms with E-state index in [0.29, 0.717) is 0 Å². The first kappa shape index (κ1) is 58.1. The number of rotatable bonds is 12. The van der Waals surface area contributed by atoms with Gasteiger partial charge in [0.05, 0.1) is 66.5 Å². The van der Waals surface area contributed by atoms with Gasteiger partial charge in [-0.2, -0.15) is 0 Å². The average Bonchev–Trinajstić information content (AvgIpc) is 1.56. The Balaban J connectivity index is 0.705. The molecule has 5 heterocycles. The van der Waals surface area contributed by atoms with Crippen molar-refractivity contribution in [1.82, 2.24) is 22.8 Å². The second-order valence-corrected chi connectivity index (χ2v) is 26.8. The Labute approximate surface area is 593 Å². The van der Waals surface area contributed by atoms with Gasteiger partial charge in [0.2, 0.25) is 0 Å². The van der Waals surface area contributed by atoms with Crippen molar-refractivity contribution in [2.75, 3.05) is 9.80 Å². The number of benzene rings is 16. The number of hydrogen-bond acceptors (Lipinski definition) is 2. The summed E-state index contributed by atoms with van der Waals surface area (Å²) in [5.74, 6) is 0. The maximum Gasteiger partial charge on any atom is 0.0788 e. The van der Waals surface area contributed by atoms with E-state index in [1.54, 1.807) is 0 Å². The van der Waals surface area contributed by atoms with Gasteiger partial charge >= 0.3 is 0 Å². The van der Waals surface area contributed by atoms with Crippen LogP contribution in [0.15, 0.2) is 382 Å². The average molecular weight is 1310 g/mol. The van der Waals surface area contributed by atoms with Gasteiger partial charge in [0, 0.05) is 105 Å². The predicted molar refractivity (Wildman–Crippen MR) is 433 cm³/mol. The minimum Gasteiger partial charge on any atom is -0.310 e. The zero-order valence-corrected chi connectivity index (χ0v) is 56.0. The summed E-state index contributed by atoms with van der Waals surface area (Å²) in [7, 11) is 0. The lowest BCUT2D eigenvalue weighted by Crippen LogP contribution is -2.10. The fourth-order valence-corrected chi connectivity index (χ4v) is 16.9. The summed E-state index contributed by atoms with van der Waals surface area (Å²) < 4.78 is 12.4. The fourth-order valence-electron chi connectivity index (χ4n) is 16.9. The summed E-state index contributed by atoms with van der Waals surface area (Å²) in [5, 5.41) is 12.1. The highest BCUT2D eigenvalue weighted by Crippen LogP contribution is 2.48. The Bertz CT molecular complexity index is 6780. The highest BCUT2D eigenvalue weighted by atomic mass is 15.2. The van der Waals surface area contributed by atoms with Gasteiger partial charge < -0.3 is 32.6 Å². The van der Waals surface area contributed by atoms with Crippen LogP contribution in [-0.2, 0) is 0 Å². The Kier molecular flexibility index (Phi) is 13.2. The molecule has 482 valence electrons. The molecule has 7 nitrogen and oxygen atoms in total. The number of anilines is 6. The Morgan fingerprint density at radius 3 is 1.02 bits per heavy atom. The lowest BCUT2D eigenvalue weighted by atomic mass is 9.98. The standard InChI is InChI=1S/C96H63N7/c1-4-27-65(28-5-1)97(66-29-6-2-7-30-66)70-34-25-36-72(62-70)101-89-50-23-15-42-80(89)94-74(58-60-93(96(94)101)103-86-47-20-12-39-77(86)78-40-13-21-48-87(78)103)64-53-55-68(56-54-64)98(67-31-8-3-9-32-67)69-33-24-35-71(61-69)99-83-44-17-14-41-79(83)82-63-73(57-59-90(82)99)100-88-49-22-16-43-81(88)95-91(100)51-26-52-92(95)102-84-45-18-10-37-75(84)76-38-11-19-46-85(76)102/h1-63H. The topological polar surface area (TPSA) is 31.1 Å². The zero-order chi connectivity index (χ0) is 67.6. The van der Waals surface area contributed by atoms with Crippen LogP contribution in [0.2, 0.25) is 0 Å². The van der Waals surface area contributed by atoms with E-state index >= 15 is 0 Å². The minimum atomic E-state index is 1.05. The second kappa shape index (κ2) is 23.4. The van der Waals surface area contributed by atoms with Crippen LogP contribution in [0.1, 0.15) is 0 Å². The number of aromatic nitrogens is 5. The number of nitrogens with zero attached hydrogens (tertiary/aromatic N) is 7. The van der Waals surface area contributed by atoms with Crippen LogP contribution in [0.4, 0.5) is 34.1 Å². The van der Waals surface area contributed by atoms with E-state index in [1.807, 2.05) is 0 Å². The molecule has 7 heteroatoms. The summed E-state index contributed by atoms with van der Waals surface area (Å²) in [6.07, 6.45) is 0. The van der Waals surface area contributed by atoms with Gasteiger partial charge in [0.15, 0.2) is 0 Å². The van der Waals surface area contributed by atoms with Gasteiger partial charge in [0.1, 0.15) is 0 Å². The summed E-state index contributed by atoms with van der Waals surface area (Å²) in [6, 6.07) is 140. The van der Waals surface area contributed by atoms with E-state index in [1.165, 1.54) is 70.6 Å². The molecule has 0 saturated carbocycles. The molecule has 0 spiro atoms. The molecule has 0 aliphatic rings. The Morgan fingerprint density at radius 1 is 0.175 bits per heavy atom. The molecule has 0 atom stereocenters. The molecule has 0 unspecified atom stereocenters. The smallest absolute Gasteiger partial charge is 0.0788 e. The molecule has 0 fully saturated rings. The number of hydrogen-bond donors (Lipinski definition) is 0. The van der Waals surface area contributed by atoms with Crippen molar-refractivity contribution < 1.29 is 0 Å². The van der Waals surface area contributed by atoms with Gasteiger partial charge in [-0.25, -0.2) is 0 Å². The monoisotopic (exact) mass is 1310 g/mol. The van der Waals surface area contributed by atoms with E-state index in [2.05, 4.69) is 415 Å². The third-order valence-corrected chi connectivity index (χ3v) is 21.2. The third-order valence-electron chi connectivity index (χ3n) is 21.2. The SMILES string of the molecule is c1ccc(N(c2ccc(-c3ccc(-n4c5ccccc5c5ccccc54)c4c3c3ccccc3n4-c3cccc(N(c4ccccc4)c4ccccc4)c3)cc2)c2cccc(-n3c4ccccc4c4cc(-n5c6ccccc6c6c(-n7c8ccccc8c8ccccc87)cccc65)ccc43)c2)cc1. The summed E-state index contributed by atoms with van der Waals surface area (Å²) in [4.78, 5) is 4.74. The van der Waals surface area contributed by atoms with Crippen molar-refractivity contribution in [1.29, 1.82) is 0 Å². The molecule has 103 heavy (non-hydrogen) atoms. The van der Waals surface area contributed by atoms with Gasteiger partial charge in [-0.1, -0.05) is 218 Å². The molecule has 0 aliphatic heterocycles. The molecule has 0 saturated heterocycles. The first-order valence-electron chi connectivity index (χ1n) is 35.3. The van der Waals surface area contributed by atoms with Crippen LogP contribution in [0.25, 0.3) is 149 Å². The molecule has 0 aliphatic carbocycles. The van der Waals surface area contributed by atoms with Crippen LogP contribution >= 0.6 is 0 Å². The minimum absolute atomic E-state index is 1.05. The number of para-hydroxylation sites is 10. The lowest BCUT2D eigenvalue weighted by molar-refractivity contribution is 1.13. The molecule has 5 aromatic heterocycles. The maximum atomic E-state index is 2.51. The largest absolute Gasteiger partial charge is 0.310 e. The molecule has 21 rings (SSSR count). The molecule has 0 radical (unpaired) electrons. The Hall–Kier alpha value is -13.9. The van der Waals surface area contributed by atoms with Crippen molar-refractivity contribution in [2.45, 2.75) is 0 Å². The quantitative estimate of drug-likeness (QED) is 0.122. The molecule has 21 aromatic rings. The molecular formula is C96H63N7. The maximum absolute atomic E-state index is 2.51. The van der Waals surface area contributed by atoms with Crippen LogP contribution in [0.3, 0.4) is 0 Å². The first-order chi connectivity index (χ1) is 51.2.